The van der Waals surface area contributed by atoms with Gasteiger partial charge in [0.1, 0.15) is 0 Å². The smallest absolute Gasteiger partial charge is 0.168 e. The van der Waals surface area contributed by atoms with Crippen LogP contribution in [0.5, 0.6) is 5.75 Å². The van der Waals surface area contributed by atoms with Gasteiger partial charge in [0.25, 0.3) is 0 Å². The standard InChI is InChI=1S/C17H17BrClFO/c1-21-16-8-4-6-14(17(16)20)10-12(11-18)9-13-5-2-3-7-15(13)19/h2-8,12H,9-11H2,1H3. The summed E-state index contributed by atoms with van der Waals surface area (Å²) < 4.78 is 19.3. The fraction of sp³-hybridized carbons (Fsp3) is 0.294. The second kappa shape index (κ2) is 7.81. The first-order valence-electron chi connectivity index (χ1n) is 6.76. The molecule has 0 saturated heterocycles. The Hall–Kier alpha value is -1.06. The van der Waals surface area contributed by atoms with Crippen molar-refractivity contribution in [3.8, 4) is 5.75 Å². The van der Waals surface area contributed by atoms with Gasteiger partial charge in [0.05, 0.1) is 7.11 Å². The van der Waals surface area contributed by atoms with E-state index in [0.717, 1.165) is 22.3 Å². The van der Waals surface area contributed by atoms with Gasteiger partial charge in [-0.1, -0.05) is 57.9 Å². The van der Waals surface area contributed by atoms with Crippen molar-refractivity contribution in [1.82, 2.24) is 0 Å². The molecule has 4 heteroatoms. The van der Waals surface area contributed by atoms with Crippen LogP contribution in [0.1, 0.15) is 11.1 Å². The molecular formula is C17H17BrClFO. The molecule has 1 nitrogen and oxygen atoms in total. The summed E-state index contributed by atoms with van der Waals surface area (Å²) >= 11 is 9.72. The number of halogens is 3. The Morgan fingerprint density at radius 3 is 2.43 bits per heavy atom. The van der Waals surface area contributed by atoms with Crippen LogP contribution in [-0.2, 0) is 12.8 Å². The molecule has 112 valence electrons. The van der Waals surface area contributed by atoms with Crippen LogP contribution in [0.15, 0.2) is 42.5 Å². The Balaban J connectivity index is 2.15. The maximum absolute atomic E-state index is 14.2. The summed E-state index contributed by atoms with van der Waals surface area (Å²) in [5.74, 6) is 0.287. The second-order valence-corrected chi connectivity index (χ2v) is 6.01. The number of methoxy groups -OCH3 is 1. The lowest BCUT2D eigenvalue weighted by molar-refractivity contribution is 0.382. The van der Waals surface area contributed by atoms with Crippen LogP contribution in [0.2, 0.25) is 5.02 Å². The number of hydrogen-bond donors (Lipinski definition) is 0. The largest absolute Gasteiger partial charge is 0.494 e. The third kappa shape index (κ3) is 4.21. The molecule has 2 rings (SSSR count). The first-order valence-corrected chi connectivity index (χ1v) is 8.26. The first-order chi connectivity index (χ1) is 10.2. The van der Waals surface area contributed by atoms with Gasteiger partial charge in [0.15, 0.2) is 11.6 Å². The molecule has 21 heavy (non-hydrogen) atoms. The van der Waals surface area contributed by atoms with Crippen molar-refractivity contribution < 1.29 is 9.13 Å². The van der Waals surface area contributed by atoms with Crippen molar-refractivity contribution in [2.24, 2.45) is 5.92 Å². The monoisotopic (exact) mass is 370 g/mol. The average molecular weight is 372 g/mol. The summed E-state index contributed by atoms with van der Waals surface area (Å²) in [4.78, 5) is 0. The maximum atomic E-state index is 14.2. The zero-order valence-electron chi connectivity index (χ0n) is 11.8. The summed E-state index contributed by atoms with van der Waals surface area (Å²) in [5, 5.41) is 1.55. The molecule has 0 radical (unpaired) electrons. The van der Waals surface area contributed by atoms with Gasteiger partial charge in [-0.2, -0.15) is 0 Å². The van der Waals surface area contributed by atoms with Crippen LogP contribution in [0.25, 0.3) is 0 Å². The van der Waals surface area contributed by atoms with Gasteiger partial charge in [0.2, 0.25) is 0 Å². The van der Waals surface area contributed by atoms with Crippen molar-refractivity contribution >= 4 is 27.5 Å². The number of alkyl halides is 1. The van der Waals surface area contributed by atoms with Crippen molar-refractivity contribution in [2.75, 3.05) is 12.4 Å². The minimum Gasteiger partial charge on any atom is -0.494 e. The highest BCUT2D eigenvalue weighted by Gasteiger charge is 2.15. The Kier molecular flexibility index (Phi) is 6.07. The zero-order valence-corrected chi connectivity index (χ0v) is 14.1. The summed E-state index contributed by atoms with van der Waals surface area (Å²) in [6.07, 6.45) is 1.45. The predicted molar refractivity (Wildman–Crippen MR) is 89.1 cm³/mol. The summed E-state index contributed by atoms with van der Waals surface area (Å²) in [6, 6.07) is 13.0. The predicted octanol–water partition coefficient (Wildman–Crippen LogP) is 5.28. The van der Waals surface area contributed by atoms with Crippen LogP contribution < -0.4 is 4.74 Å². The quantitative estimate of drug-likeness (QED) is 0.627. The van der Waals surface area contributed by atoms with Crippen LogP contribution in [0.4, 0.5) is 4.39 Å². The molecule has 0 amide bonds. The molecule has 0 saturated carbocycles. The molecule has 1 unspecified atom stereocenters. The summed E-state index contributed by atoms with van der Waals surface area (Å²) in [6.45, 7) is 0. The Morgan fingerprint density at radius 2 is 1.76 bits per heavy atom. The molecule has 0 aliphatic rings. The highest BCUT2D eigenvalue weighted by Crippen LogP contribution is 2.26. The zero-order chi connectivity index (χ0) is 15.2. The van der Waals surface area contributed by atoms with E-state index in [1.54, 1.807) is 12.1 Å². The Labute approximate surface area is 138 Å². The van der Waals surface area contributed by atoms with Crippen LogP contribution in [0.3, 0.4) is 0 Å². The number of rotatable bonds is 6. The van der Waals surface area contributed by atoms with Gasteiger partial charge in [0, 0.05) is 10.4 Å². The highest BCUT2D eigenvalue weighted by molar-refractivity contribution is 9.09. The molecule has 0 spiro atoms. The third-order valence-electron chi connectivity index (χ3n) is 3.46. The number of benzene rings is 2. The SMILES string of the molecule is COc1cccc(CC(CBr)Cc2ccccc2Cl)c1F. The average Bonchev–Trinajstić information content (AvgIpc) is 2.50. The van der Waals surface area contributed by atoms with E-state index in [1.165, 1.54) is 7.11 Å². The maximum Gasteiger partial charge on any atom is 0.168 e. The molecule has 2 aromatic rings. The lowest BCUT2D eigenvalue weighted by Gasteiger charge is -2.16. The Morgan fingerprint density at radius 1 is 1.10 bits per heavy atom. The van der Waals surface area contributed by atoms with Gasteiger partial charge in [-0.25, -0.2) is 4.39 Å². The normalized spacial score (nSPS) is 12.2. The minimum absolute atomic E-state index is 0.270. The summed E-state index contributed by atoms with van der Waals surface area (Å²) in [5.41, 5.74) is 1.76. The number of hydrogen-bond acceptors (Lipinski definition) is 1. The van der Waals surface area contributed by atoms with Gasteiger partial charge >= 0.3 is 0 Å². The van der Waals surface area contributed by atoms with Crippen LogP contribution >= 0.6 is 27.5 Å². The van der Waals surface area contributed by atoms with Crippen molar-refractivity contribution in [3.63, 3.8) is 0 Å². The number of ether oxygens (including phenoxy) is 1. The molecule has 2 aromatic carbocycles. The molecule has 0 fully saturated rings. The fourth-order valence-electron chi connectivity index (χ4n) is 2.34. The van der Waals surface area contributed by atoms with E-state index in [0.29, 0.717) is 17.7 Å². The van der Waals surface area contributed by atoms with E-state index in [1.807, 2.05) is 30.3 Å². The van der Waals surface area contributed by atoms with Crippen LogP contribution in [0, 0.1) is 11.7 Å². The second-order valence-electron chi connectivity index (χ2n) is 4.95. The van der Waals surface area contributed by atoms with Crippen molar-refractivity contribution in [3.05, 3.63) is 64.4 Å². The van der Waals surface area contributed by atoms with E-state index < -0.39 is 0 Å². The van der Waals surface area contributed by atoms with E-state index in [4.69, 9.17) is 16.3 Å². The van der Waals surface area contributed by atoms with Gasteiger partial charge in [-0.3, -0.25) is 0 Å². The lowest BCUT2D eigenvalue weighted by atomic mass is 9.94. The topological polar surface area (TPSA) is 9.23 Å². The van der Waals surface area contributed by atoms with Crippen LogP contribution in [-0.4, -0.2) is 12.4 Å². The van der Waals surface area contributed by atoms with E-state index >= 15 is 0 Å². The van der Waals surface area contributed by atoms with E-state index in [2.05, 4.69) is 15.9 Å². The molecular weight excluding hydrogens is 355 g/mol. The lowest BCUT2D eigenvalue weighted by Crippen LogP contribution is -2.11. The molecule has 0 aromatic heterocycles. The van der Waals surface area contributed by atoms with Gasteiger partial charge < -0.3 is 4.74 Å². The molecule has 0 aliphatic carbocycles. The molecule has 0 N–H and O–H groups in total. The van der Waals surface area contributed by atoms with Gasteiger partial charge in [-0.05, 0) is 42.0 Å². The molecule has 1 atom stereocenters. The molecule has 0 heterocycles. The first kappa shape index (κ1) is 16.3. The molecule has 0 bridgehead atoms. The highest BCUT2D eigenvalue weighted by atomic mass is 79.9. The summed E-state index contributed by atoms with van der Waals surface area (Å²) in [7, 11) is 1.48. The minimum atomic E-state index is -0.273. The Bertz CT molecular complexity index is 603. The fourth-order valence-corrected chi connectivity index (χ4v) is 3.01. The van der Waals surface area contributed by atoms with E-state index in [-0.39, 0.29) is 11.7 Å². The van der Waals surface area contributed by atoms with Gasteiger partial charge in [-0.15, -0.1) is 0 Å². The van der Waals surface area contributed by atoms with E-state index in [9.17, 15) is 4.39 Å². The van der Waals surface area contributed by atoms with Crippen molar-refractivity contribution in [2.45, 2.75) is 12.8 Å². The molecule has 0 aliphatic heterocycles. The van der Waals surface area contributed by atoms with Crippen molar-refractivity contribution in [1.29, 1.82) is 0 Å². The third-order valence-corrected chi connectivity index (χ3v) is 4.74.